The fourth-order valence-electron chi connectivity index (χ4n) is 2.28. The lowest BCUT2D eigenvalue weighted by Crippen LogP contribution is -2.41. The van der Waals surface area contributed by atoms with Gasteiger partial charge in [0.2, 0.25) is 0 Å². The summed E-state index contributed by atoms with van der Waals surface area (Å²) in [6.45, 7) is 1.84. The number of anilines is 1. The largest absolute Gasteiger partial charge is 0.488 e. The Labute approximate surface area is 154 Å². The number of amides is 1. The van der Waals surface area contributed by atoms with E-state index in [1.807, 2.05) is 0 Å². The lowest BCUT2D eigenvalue weighted by atomic mass is 10.0. The molecule has 1 atom stereocenters. The van der Waals surface area contributed by atoms with Crippen molar-refractivity contribution in [3.63, 3.8) is 0 Å². The number of aliphatic carboxylic acids is 1. The number of hydrogen-bond acceptors (Lipinski definition) is 7. The molecule has 0 aliphatic rings. The van der Waals surface area contributed by atoms with Gasteiger partial charge in [0.15, 0.2) is 5.75 Å². The Morgan fingerprint density at radius 3 is 2.30 bits per heavy atom. The highest BCUT2D eigenvalue weighted by molar-refractivity contribution is 5.79. The Morgan fingerprint density at radius 1 is 1.15 bits per heavy atom. The van der Waals surface area contributed by atoms with Gasteiger partial charge in [-0.2, -0.15) is 0 Å². The van der Waals surface area contributed by atoms with E-state index in [1.165, 1.54) is 4.90 Å². The Morgan fingerprint density at radius 2 is 1.78 bits per heavy atom. The number of rotatable bonds is 8. The zero-order valence-corrected chi connectivity index (χ0v) is 15.1. The summed E-state index contributed by atoms with van der Waals surface area (Å²) in [6, 6.07) is 5.17. The van der Waals surface area contributed by atoms with Crippen LogP contribution >= 0.6 is 0 Å². The summed E-state index contributed by atoms with van der Waals surface area (Å²) in [5, 5.41) is 12.0. The minimum atomic E-state index is -1.19. The summed E-state index contributed by atoms with van der Waals surface area (Å²) in [7, 11) is 3.11. The van der Waals surface area contributed by atoms with Crippen molar-refractivity contribution in [3.05, 3.63) is 50.3 Å². The average molecular weight is 376 g/mol. The number of nitrogens with zero attached hydrogens (tertiary/aromatic N) is 1. The van der Waals surface area contributed by atoms with E-state index in [4.69, 9.17) is 9.47 Å². The number of ether oxygens (including phenoxy) is 2. The Hall–Kier alpha value is -3.36. The summed E-state index contributed by atoms with van der Waals surface area (Å²) in [5.74, 6) is -1.01. The summed E-state index contributed by atoms with van der Waals surface area (Å²) < 4.78 is 10.2. The van der Waals surface area contributed by atoms with E-state index in [2.05, 4.69) is 5.32 Å². The van der Waals surface area contributed by atoms with Gasteiger partial charge in [-0.25, -0.2) is 9.59 Å². The molecule has 2 aromatic rings. The molecule has 0 saturated heterocycles. The summed E-state index contributed by atoms with van der Waals surface area (Å²) in [4.78, 5) is 47.4. The third-order valence-corrected chi connectivity index (χ3v) is 3.71. The normalized spacial score (nSPS) is 11.7. The molecular formula is C18H20N2O7. The van der Waals surface area contributed by atoms with Gasteiger partial charge < -0.3 is 24.8 Å². The summed E-state index contributed by atoms with van der Waals surface area (Å²) >= 11 is 0. The molecule has 144 valence electrons. The molecule has 1 amide bonds. The van der Waals surface area contributed by atoms with Crippen LogP contribution in [0, 0.1) is 0 Å². The molecule has 0 aromatic heterocycles. The van der Waals surface area contributed by atoms with Crippen molar-refractivity contribution in [2.45, 2.75) is 19.4 Å². The Bertz CT molecular complexity index is 896. The van der Waals surface area contributed by atoms with E-state index < -0.39 is 29.0 Å². The van der Waals surface area contributed by atoms with Crippen LogP contribution in [0.2, 0.25) is 0 Å². The van der Waals surface area contributed by atoms with Crippen molar-refractivity contribution in [2.24, 2.45) is 0 Å². The van der Waals surface area contributed by atoms with Gasteiger partial charge in [0, 0.05) is 20.5 Å². The molecule has 0 bridgehead atoms. The molecule has 9 nitrogen and oxygen atoms in total. The third kappa shape index (κ3) is 4.63. The van der Waals surface area contributed by atoms with Crippen LogP contribution in [0.4, 0.5) is 10.5 Å². The van der Waals surface area contributed by atoms with Crippen molar-refractivity contribution >= 4 is 17.7 Å². The van der Waals surface area contributed by atoms with E-state index in [0.29, 0.717) is 11.3 Å². The van der Waals surface area contributed by atoms with Gasteiger partial charge in [0.25, 0.3) is 10.9 Å². The molecule has 0 fully saturated rings. The zero-order valence-electron chi connectivity index (χ0n) is 15.1. The van der Waals surface area contributed by atoms with E-state index in [-0.39, 0.29) is 24.5 Å². The van der Waals surface area contributed by atoms with Crippen LogP contribution in [-0.4, -0.2) is 48.8 Å². The fraction of sp³-hybridized carbons (Fsp3) is 0.333. The number of hydrogen-bond donors (Lipinski definition) is 2. The maximum atomic E-state index is 11.7. The van der Waals surface area contributed by atoms with Crippen LogP contribution in [0.15, 0.2) is 33.9 Å². The molecule has 0 aliphatic carbocycles. The van der Waals surface area contributed by atoms with Gasteiger partial charge in [0.05, 0.1) is 6.61 Å². The highest BCUT2D eigenvalue weighted by Gasteiger charge is 2.27. The van der Waals surface area contributed by atoms with Gasteiger partial charge in [0.1, 0.15) is 17.5 Å². The van der Waals surface area contributed by atoms with Crippen LogP contribution in [-0.2, 0) is 11.2 Å². The number of nitrogens with one attached hydrogen (secondary N) is 1. The van der Waals surface area contributed by atoms with Gasteiger partial charge in [-0.15, -0.1) is 0 Å². The van der Waals surface area contributed by atoms with Gasteiger partial charge in [-0.1, -0.05) is 12.1 Å². The first-order valence-electron chi connectivity index (χ1n) is 8.18. The molecule has 0 heterocycles. The highest BCUT2D eigenvalue weighted by Crippen LogP contribution is 2.20. The fourth-order valence-corrected chi connectivity index (χ4v) is 2.28. The van der Waals surface area contributed by atoms with Crippen LogP contribution in [0.3, 0.4) is 0 Å². The lowest BCUT2D eigenvalue weighted by Gasteiger charge is -2.19. The maximum Gasteiger partial charge on any atom is 0.414 e. The molecule has 0 unspecified atom stereocenters. The molecular weight excluding hydrogens is 356 g/mol. The van der Waals surface area contributed by atoms with Crippen molar-refractivity contribution < 1.29 is 24.2 Å². The van der Waals surface area contributed by atoms with E-state index in [9.17, 15) is 24.3 Å². The van der Waals surface area contributed by atoms with Crippen molar-refractivity contribution in [1.82, 2.24) is 4.90 Å². The topological polar surface area (TPSA) is 122 Å². The van der Waals surface area contributed by atoms with Crippen LogP contribution in [0.25, 0.3) is 0 Å². The van der Waals surface area contributed by atoms with E-state index in [1.54, 1.807) is 45.3 Å². The van der Waals surface area contributed by atoms with Gasteiger partial charge >= 0.3 is 12.1 Å². The first-order valence-corrected chi connectivity index (χ1v) is 8.18. The number of carbonyl (C=O) groups is 2. The standard InChI is InChI=1S/C18H20N2O7/c1-4-26-16-13(14(21)15(16)22)19-12(17(23)24)9-10-5-7-11(8-6-10)27-18(25)20(2)3/h5-8,12,19H,4,9H2,1-3H3,(H,23,24)/t12-/m0/s1. The zero-order chi connectivity index (χ0) is 20.1. The number of carbonyl (C=O) groups excluding carboxylic acids is 1. The monoisotopic (exact) mass is 376 g/mol. The molecule has 0 spiro atoms. The molecule has 0 saturated carbocycles. The van der Waals surface area contributed by atoms with E-state index >= 15 is 0 Å². The smallest absolute Gasteiger partial charge is 0.414 e. The third-order valence-electron chi connectivity index (χ3n) is 3.71. The minimum absolute atomic E-state index is 0.0433. The lowest BCUT2D eigenvalue weighted by molar-refractivity contribution is -0.137. The molecule has 9 heteroatoms. The molecule has 2 rings (SSSR count). The van der Waals surface area contributed by atoms with Crippen molar-refractivity contribution in [2.75, 3.05) is 26.0 Å². The predicted molar refractivity (Wildman–Crippen MR) is 97.4 cm³/mol. The van der Waals surface area contributed by atoms with Crippen LogP contribution in [0.1, 0.15) is 12.5 Å². The second-order valence-electron chi connectivity index (χ2n) is 5.94. The molecule has 2 aromatic carbocycles. The minimum Gasteiger partial charge on any atom is -0.488 e. The maximum absolute atomic E-state index is 11.7. The number of benzene rings is 1. The van der Waals surface area contributed by atoms with E-state index in [0.717, 1.165) is 0 Å². The second-order valence-corrected chi connectivity index (χ2v) is 5.94. The summed E-state index contributed by atoms with van der Waals surface area (Å²) in [5.41, 5.74) is -1.05. The first kappa shape index (κ1) is 20.0. The average Bonchev–Trinajstić information content (AvgIpc) is 2.64. The predicted octanol–water partition coefficient (Wildman–Crippen LogP) is 0.850. The quantitative estimate of drug-likeness (QED) is 0.650. The second kappa shape index (κ2) is 8.35. The van der Waals surface area contributed by atoms with Gasteiger partial charge in [-0.05, 0) is 24.6 Å². The van der Waals surface area contributed by atoms with Gasteiger partial charge in [-0.3, -0.25) is 9.59 Å². The van der Waals surface area contributed by atoms with Crippen LogP contribution < -0.4 is 25.6 Å². The van der Waals surface area contributed by atoms with Crippen LogP contribution in [0.5, 0.6) is 11.5 Å². The molecule has 2 N–H and O–H groups in total. The number of carboxylic acids is 1. The first-order chi connectivity index (χ1) is 12.7. The molecule has 27 heavy (non-hydrogen) atoms. The highest BCUT2D eigenvalue weighted by atomic mass is 16.6. The summed E-state index contributed by atoms with van der Waals surface area (Å²) in [6.07, 6.45) is -0.488. The Balaban J connectivity index is 2.10. The SMILES string of the molecule is CCOc1c(N[C@@H](Cc2ccc(OC(=O)N(C)C)cc2)C(=O)O)c(=O)c1=O. The van der Waals surface area contributed by atoms with Crippen molar-refractivity contribution in [3.8, 4) is 11.5 Å². The Kier molecular flexibility index (Phi) is 6.17. The number of carboxylic acid groups (broad SMARTS) is 1. The molecule has 0 aliphatic heterocycles. The molecule has 0 radical (unpaired) electrons. The van der Waals surface area contributed by atoms with Crippen molar-refractivity contribution in [1.29, 1.82) is 0 Å².